The van der Waals surface area contributed by atoms with E-state index in [9.17, 15) is 0 Å². The minimum atomic E-state index is 0.271. The molecular weight excluding hydrogens is 266 g/mol. The quantitative estimate of drug-likeness (QED) is 0.845. The van der Waals surface area contributed by atoms with Gasteiger partial charge in [0.2, 0.25) is 0 Å². The van der Waals surface area contributed by atoms with Gasteiger partial charge in [-0.15, -0.1) is 5.10 Å². The Morgan fingerprint density at radius 2 is 2.12 bits per heavy atom. The number of nitrogens with two attached hydrogens (primary N) is 1. The van der Waals surface area contributed by atoms with E-state index in [4.69, 9.17) is 5.73 Å². The van der Waals surface area contributed by atoms with Gasteiger partial charge in [-0.2, -0.15) is 5.10 Å². The van der Waals surface area contributed by atoms with Crippen LogP contribution in [0.15, 0.2) is 32.9 Å². The molecule has 0 aromatic heterocycles. The van der Waals surface area contributed by atoms with Gasteiger partial charge < -0.3 is 5.73 Å². The Kier molecular flexibility index (Phi) is 3.10. The standard InChI is InChI=1S/C12H14BrN3/c1-7-3-4-9(6-10(7)13)11-5-8(2)12(14)16-15-11/h3-4,6,8H,5H2,1-2H3,(H2,14,16). The smallest absolute Gasteiger partial charge is 0.125 e. The van der Waals surface area contributed by atoms with Crippen LogP contribution in [0.5, 0.6) is 0 Å². The molecule has 3 nitrogen and oxygen atoms in total. The van der Waals surface area contributed by atoms with Crippen LogP contribution in [-0.2, 0) is 0 Å². The topological polar surface area (TPSA) is 50.7 Å². The number of aryl methyl sites for hydroxylation is 1. The van der Waals surface area contributed by atoms with Crippen molar-refractivity contribution in [1.29, 1.82) is 0 Å². The van der Waals surface area contributed by atoms with Crippen molar-refractivity contribution < 1.29 is 0 Å². The van der Waals surface area contributed by atoms with Crippen LogP contribution in [0, 0.1) is 12.8 Å². The first-order valence-corrected chi connectivity index (χ1v) is 6.03. The van der Waals surface area contributed by atoms with E-state index >= 15 is 0 Å². The molecule has 16 heavy (non-hydrogen) atoms. The maximum atomic E-state index is 5.71. The first-order valence-electron chi connectivity index (χ1n) is 5.24. The van der Waals surface area contributed by atoms with E-state index in [0.29, 0.717) is 5.84 Å². The number of benzene rings is 1. The molecule has 1 aliphatic rings. The average Bonchev–Trinajstić information content (AvgIpc) is 2.26. The summed E-state index contributed by atoms with van der Waals surface area (Å²) in [4.78, 5) is 0. The van der Waals surface area contributed by atoms with Gasteiger partial charge in [0.15, 0.2) is 0 Å². The maximum absolute atomic E-state index is 5.71. The highest BCUT2D eigenvalue weighted by Gasteiger charge is 2.17. The molecule has 0 radical (unpaired) electrons. The lowest BCUT2D eigenvalue weighted by Crippen LogP contribution is -2.26. The molecule has 1 atom stereocenters. The molecule has 84 valence electrons. The van der Waals surface area contributed by atoms with Crippen molar-refractivity contribution in [2.45, 2.75) is 20.3 Å². The second-order valence-corrected chi connectivity index (χ2v) is 5.00. The normalized spacial score (nSPS) is 20.3. The molecule has 4 heteroatoms. The molecule has 0 saturated heterocycles. The minimum Gasteiger partial charge on any atom is -0.385 e. The Labute approximate surface area is 104 Å². The number of hydrogen-bond donors (Lipinski definition) is 1. The molecule has 2 N–H and O–H groups in total. The SMILES string of the molecule is Cc1ccc(C2=NN=C(N)C(C)C2)cc1Br. The first-order chi connectivity index (χ1) is 7.58. The third-order valence-corrected chi connectivity index (χ3v) is 3.65. The highest BCUT2D eigenvalue weighted by molar-refractivity contribution is 9.10. The summed E-state index contributed by atoms with van der Waals surface area (Å²) >= 11 is 3.52. The van der Waals surface area contributed by atoms with Gasteiger partial charge in [0, 0.05) is 16.8 Å². The average molecular weight is 280 g/mol. The highest BCUT2D eigenvalue weighted by atomic mass is 79.9. The van der Waals surface area contributed by atoms with Crippen molar-refractivity contribution >= 4 is 27.5 Å². The summed E-state index contributed by atoms with van der Waals surface area (Å²) in [5.74, 6) is 0.891. The van der Waals surface area contributed by atoms with E-state index in [2.05, 4.69) is 58.2 Å². The van der Waals surface area contributed by atoms with Crippen molar-refractivity contribution in [3.8, 4) is 0 Å². The zero-order valence-electron chi connectivity index (χ0n) is 9.37. The van der Waals surface area contributed by atoms with Crippen molar-refractivity contribution in [3.05, 3.63) is 33.8 Å². The molecule has 0 spiro atoms. The molecule has 0 saturated carbocycles. The van der Waals surface area contributed by atoms with Gasteiger partial charge >= 0.3 is 0 Å². The molecule has 0 aliphatic carbocycles. The second-order valence-electron chi connectivity index (χ2n) is 4.14. The largest absolute Gasteiger partial charge is 0.385 e. The fourth-order valence-corrected chi connectivity index (χ4v) is 1.98. The van der Waals surface area contributed by atoms with Gasteiger partial charge in [-0.05, 0) is 24.1 Å². The van der Waals surface area contributed by atoms with Crippen LogP contribution in [0.3, 0.4) is 0 Å². The number of amidine groups is 1. The summed E-state index contributed by atoms with van der Waals surface area (Å²) in [6.07, 6.45) is 0.852. The zero-order valence-corrected chi connectivity index (χ0v) is 11.0. The third kappa shape index (κ3) is 2.16. The van der Waals surface area contributed by atoms with Crippen LogP contribution in [-0.4, -0.2) is 11.5 Å². The van der Waals surface area contributed by atoms with Gasteiger partial charge in [-0.25, -0.2) is 0 Å². The van der Waals surface area contributed by atoms with E-state index in [1.54, 1.807) is 0 Å². The van der Waals surface area contributed by atoms with E-state index in [1.165, 1.54) is 5.56 Å². The van der Waals surface area contributed by atoms with E-state index in [0.717, 1.165) is 22.2 Å². The molecular formula is C12H14BrN3. The molecule has 1 unspecified atom stereocenters. The Hall–Kier alpha value is -1.16. The number of halogens is 1. The Bertz CT molecular complexity index is 477. The predicted octanol–water partition coefficient (Wildman–Crippen LogP) is 2.86. The monoisotopic (exact) mass is 279 g/mol. The molecule has 1 aliphatic heterocycles. The van der Waals surface area contributed by atoms with Crippen LogP contribution >= 0.6 is 15.9 Å². The molecule has 1 aromatic carbocycles. The molecule has 1 aromatic rings. The second kappa shape index (κ2) is 4.37. The maximum Gasteiger partial charge on any atom is 0.125 e. The summed E-state index contributed by atoms with van der Waals surface area (Å²) in [5, 5.41) is 8.15. The van der Waals surface area contributed by atoms with Gasteiger partial charge in [0.1, 0.15) is 5.84 Å². The summed E-state index contributed by atoms with van der Waals surface area (Å²) in [6, 6.07) is 6.23. The van der Waals surface area contributed by atoms with Crippen LogP contribution in [0.2, 0.25) is 0 Å². The van der Waals surface area contributed by atoms with Gasteiger partial charge in [0.05, 0.1) is 5.71 Å². The summed E-state index contributed by atoms with van der Waals surface area (Å²) in [5.41, 5.74) is 9.04. The Morgan fingerprint density at radius 1 is 1.38 bits per heavy atom. The predicted molar refractivity (Wildman–Crippen MR) is 70.8 cm³/mol. The van der Waals surface area contributed by atoms with E-state index < -0.39 is 0 Å². The summed E-state index contributed by atoms with van der Waals surface area (Å²) < 4.78 is 1.10. The van der Waals surface area contributed by atoms with Gasteiger partial charge in [0.25, 0.3) is 0 Å². The lowest BCUT2D eigenvalue weighted by atomic mass is 9.97. The Morgan fingerprint density at radius 3 is 2.75 bits per heavy atom. The molecule has 0 bridgehead atoms. The van der Waals surface area contributed by atoms with Crippen LogP contribution in [0.25, 0.3) is 0 Å². The van der Waals surface area contributed by atoms with Gasteiger partial charge in [-0.3, -0.25) is 0 Å². The minimum absolute atomic E-state index is 0.271. The van der Waals surface area contributed by atoms with Crippen LogP contribution in [0.1, 0.15) is 24.5 Å². The van der Waals surface area contributed by atoms with E-state index in [-0.39, 0.29) is 5.92 Å². The van der Waals surface area contributed by atoms with E-state index in [1.807, 2.05) is 0 Å². The highest BCUT2D eigenvalue weighted by Crippen LogP contribution is 2.21. The molecule has 2 rings (SSSR count). The number of hydrogen-bond acceptors (Lipinski definition) is 3. The number of nitrogens with zero attached hydrogens (tertiary/aromatic N) is 2. The third-order valence-electron chi connectivity index (χ3n) is 2.80. The lowest BCUT2D eigenvalue weighted by Gasteiger charge is -2.16. The molecule has 1 heterocycles. The summed E-state index contributed by atoms with van der Waals surface area (Å²) in [6.45, 7) is 4.13. The summed E-state index contributed by atoms with van der Waals surface area (Å²) in [7, 11) is 0. The molecule has 0 fully saturated rings. The van der Waals surface area contributed by atoms with Crippen molar-refractivity contribution in [3.63, 3.8) is 0 Å². The molecule has 0 amide bonds. The van der Waals surface area contributed by atoms with Crippen molar-refractivity contribution in [1.82, 2.24) is 0 Å². The number of rotatable bonds is 1. The lowest BCUT2D eigenvalue weighted by molar-refractivity contribution is 0.779. The van der Waals surface area contributed by atoms with Gasteiger partial charge in [-0.1, -0.05) is 35.0 Å². The fraction of sp³-hybridized carbons (Fsp3) is 0.333. The van der Waals surface area contributed by atoms with Crippen LogP contribution < -0.4 is 5.73 Å². The van der Waals surface area contributed by atoms with Crippen LogP contribution in [0.4, 0.5) is 0 Å². The zero-order chi connectivity index (χ0) is 11.7. The Balaban J connectivity index is 2.35. The first kappa shape index (κ1) is 11.3. The fourth-order valence-electron chi connectivity index (χ4n) is 1.60. The van der Waals surface area contributed by atoms with Crippen molar-refractivity contribution in [2.75, 3.05) is 0 Å². The van der Waals surface area contributed by atoms with Crippen molar-refractivity contribution in [2.24, 2.45) is 21.9 Å².